The van der Waals surface area contributed by atoms with Gasteiger partial charge in [-0.05, 0) is 135 Å². The van der Waals surface area contributed by atoms with Gasteiger partial charge in [-0.3, -0.25) is 0 Å². The Balaban J connectivity index is 1.33. The highest BCUT2D eigenvalue weighted by Crippen LogP contribution is 2.31. The van der Waals surface area contributed by atoms with E-state index in [4.69, 9.17) is 32.9 Å². The summed E-state index contributed by atoms with van der Waals surface area (Å²) in [6, 6.07) is 36.1. The summed E-state index contributed by atoms with van der Waals surface area (Å²) in [6.45, 7) is 0.929. The van der Waals surface area contributed by atoms with Gasteiger partial charge in [0.15, 0.2) is 0 Å². The number of rotatable bonds is 12. The number of nitrogens with one attached hydrogen (secondary N) is 2. The third-order valence-corrected chi connectivity index (χ3v) is 10.2. The number of carbonyl (C=O) groups excluding carboxylic acids is 4. The molecule has 0 aliphatic rings. The molecular weight excluding hydrogens is 803 g/mol. The molecule has 4 amide bonds. The van der Waals surface area contributed by atoms with Gasteiger partial charge in [0, 0.05) is 21.4 Å². The van der Waals surface area contributed by atoms with E-state index >= 15 is 0 Å². The summed E-state index contributed by atoms with van der Waals surface area (Å²) in [7, 11) is 7.47. The topological polar surface area (TPSA) is 124 Å². The molecule has 0 fully saturated rings. The molecule has 0 aromatic heterocycles. The maximum atomic E-state index is 14.3. The number of amides is 4. The summed E-state index contributed by atoms with van der Waals surface area (Å²) in [5.74, 6) is -3.09. The zero-order valence-electron chi connectivity index (χ0n) is 33.7. The molecular formula is C46H46Cl2N6O6. The minimum absolute atomic E-state index is 0.283. The molecule has 0 heterocycles. The van der Waals surface area contributed by atoms with E-state index in [-0.39, 0.29) is 12.8 Å². The number of fused-ring (bicyclic) bond motifs is 2. The van der Waals surface area contributed by atoms with E-state index in [9.17, 15) is 19.2 Å². The monoisotopic (exact) mass is 848 g/mol. The van der Waals surface area contributed by atoms with E-state index in [0.717, 1.165) is 31.7 Å². The van der Waals surface area contributed by atoms with Crippen LogP contribution >= 0.6 is 23.2 Å². The predicted molar refractivity (Wildman–Crippen MR) is 237 cm³/mol. The van der Waals surface area contributed by atoms with E-state index < -0.39 is 36.1 Å². The lowest BCUT2D eigenvalue weighted by Gasteiger charge is -2.32. The lowest BCUT2D eigenvalue weighted by molar-refractivity contribution is -0.212. The second-order valence-electron chi connectivity index (χ2n) is 14.7. The van der Waals surface area contributed by atoms with Crippen molar-refractivity contribution in [3.8, 4) is 0 Å². The summed E-state index contributed by atoms with van der Waals surface area (Å²) in [4.78, 5) is 71.9. The van der Waals surface area contributed by atoms with Gasteiger partial charge in [0.2, 0.25) is 0 Å². The molecule has 0 saturated carbocycles. The number of benzene rings is 6. The summed E-state index contributed by atoms with van der Waals surface area (Å²) in [5, 5.41) is 11.9. The Hall–Kier alpha value is -6.18. The van der Waals surface area contributed by atoms with Gasteiger partial charge in [0.25, 0.3) is 0 Å². The number of hydroxylamine groups is 4. The molecule has 310 valence electrons. The molecule has 6 aromatic rings. The van der Waals surface area contributed by atoms with Crippen molar-refractivity contribution in [2.45, 2.75) is 24.9 Å². The molecule has 14 heteroatoms. The van der Waals surface area contributed by atoms with Gasteiger partial charge in [-0.2, -0.15) is 0 Å². The highest BCUT2D eigenvalue weighted by molar-refractivity contribution is 6.31. The normalized spacial score (nSPS) is 12.2. The van der Waals surface area contributed by atoms with Crippen LogP contribution in [0, 0.1) is 0 Å². The number of halogens is 2. The quantitative estimate of drug-likeness (QED) is 0.0922. The third-order valence-electron chi connectivity index (χ3n) is 9.71. The van der Waals surface area contributed by atoms with Crippen molar-refractivity contribution < 1.29 is 28.9 Å². The molecule has 2 N–H and O–H groups in total. The van der Waals surface area contributed by atoms with Crippen LogP contribution in [0.4, 0.5) is 21.0 Å². The van der Waals surface area contributed by atoms with Crippen LogP contribution in [-0.2, 0) is 19.3 Å². The lowest BCUT2D eigenvalue weighted by Crippen LogP contribution is -2.45. The van der Waals surface area contributed by atoms with Gasteiger partial charge in [0.05, 0.1) is 12.1 Å². The minimum Gasteiger partial charge on any atom is -0.325 e. The number of urea groups is 2. The van der Waals surface area contributed by atoms with E-state index in [1.165, 1.54) is 0 Å². The molecule has 0 bridgehead atoms. The predicted octanol–water partition coefficient (Wildman–Crippen LogP) is 9.97. The van der Waals surface area contributed by atoms with Crippen molar-refractivity contribution in [1.29, 1.82) is 0 Å². The van der Waals surface area contributed by atoms with Gasteiger partial charge < -0.3 is 30.1 Å². The largest absolute Gasteiger partial charge is 0.444 e. The standard InChI is InChI=1S/C46H46Cl2N6O6/c1-51(2)27-25-41(33-13-19-37(47)20-14-33)53(45(57)49-39-23-17-31-9-5-7-11-35(31)29-39)59-43(55)44(56)60-54(42(26-28-52(3)4)34-15-21-38(48)22-16-34)46(58)50-40-24-18-32-10-6-8-12-36(32)30-40/h5-24,29-30,41-42H,25-28H2,1-4H3,(H,49,57)(H,50,58). The van der Waals surface area contributed by atoms with Crippen LogP contribution in [0.2, 0.25) is 10.0 Å². The van der Waals surface area contributed by atoms with Gasteiger partial charge in [0.1, 0.15) is 0 Å². The van der Waals surface area contributed by atoms with E-state index in [0.29, 0.717) is 45.6 Å². The van der Waals surface area contributed by atoms with Gasteiger partial charge >= 0.3 is 24.0 Å². The van der Waals surface area contributed by atoms with E-state index in [2.05, 4.69) is 10.6 Å². The fourth-order valence-electron chi connectivity index (χ4n) is 6.61. The van der Waals surface area contributed by atoms with Crippen molar-refractivity contribution in [2.75, 3.05) is 51.9 Å². The van der Waals surface area contributed by atoms with Crippen molar-refractivity contribution in [3.63, 3.8) is 0 Å². The molecule has 0 aliphatic carbocycles. The van der Waals surface area contributed by atoms with Crippen LogP contribution in [0.25, 0.3) is 21.5 Å². The third kappa shape index (κ3) is 11.5. The summed E-state index contributed by atoms with van der Waals surface area (Å²) >= 11 is 12.5. The molecule has 0 saturated heterocycles. The van der Waals surface area contributed by atoms with Crippen molar-refractivity contribution in [1.82, 2.24) is 19.9 Å². The van der Waals surface area contributed by atoms with Gasteiger partial charge in [-0.15, -0.1) is 10.1 Å². The van der Waals surface area contributed by atoms with Crippen LogP contribution in [0.5, 0.6) is 0 Å². The Labute approximate surface area is 359 Å². The number of nitrogens with zero attached hydrogens (tertiary/aromatic N) is 4. The Morgan fingerprint density at radius 2 is 0.850 bits per heavy atom. The van der Waals surface area contributed by atoms with Crippen molar-refractivity contribution >= 4 is 80.1 Å². The summed E-state index contributed by atoms with van der Waals surface area (Å²) in [6.07, 6.45) is 0.567. The highest BCUT2D eigenvalue weighted by atomic mass is 35.5. The number of carbonyl (C=O) groups is 4. The molecule has 0 radical (unpaired) electrons. The molecule has 0 aliphatic heterocycles. The van der Waals surface area contributed by atoms with Crippen LogP contribution in [0.3, 0.4) is 0 Å². The molecule has 2 unspecified atom stereocenters. The zero-order valence-corrected chi connectivity index (χ0v) is 35.2. The van der Waals surface area contributed by atoms with Crippen molar-refractivity contribution in [3.05, 3.63) is 155 Å². The molecule has 6 rings (SSSR count). The Kier molecular flexibility index (Phi) is 14.6. The number of hydrogen-bond donors (Lipinski definition) is 2. The van der Waals surface area contributed by atoms with Crippen LogP contribution in [-0.4, -0.2) is 85.2 Å². The number of hydrogen-bond acceptors (Lipinski definition) is 8. The molecule has 2 atom stereocenters. The van der Waals surface area contributed by atoms with Crippen LogP contribution in [0.1, 0.15) is 36.1 Å². The fraction of sp³-hybridized carbons (Fsp3) is 0.217. The van der Waals surface area contributed by atoms with E-state index in [1.54, 1.807) is 72.8 Å². The Morgan fingerprint density at radius 3 is 1.20 bits per heavy atom. The first-order valence-corrected chi connectivity index (χ1v) is 20.0. The second kappa shape index (κ2) is 20.2. The highest BCUT2D eigenvalue weighted by Gasteiger charge is 2.37. The zero-order chi connectivity index (χ0) is 42.8. The lowest BCUT2D eigenvalue weighted by atomic mass is 10.0. The van der Waals surface area contributed by atoms with Crippen LogP contribution < -0.4 is 10.6 Å². The molecule has 0 spiro atoms. The fourth-order valence-corrected chi connectivity index (χ4v) is 6.86. The smallest absolute Gasteiger partial charge is 0.325 e. The Morgan fingerprint density at radius 1 is 0.500 bits per heavy atom. The van der Waals surface area contributed by atoms with Gasteiger partial charge in [-0.1, -0.05) is 108 Å². The maximum absolute atomic E-state index is 14.3. The Bertz CT molecular complexity index is 2280. The SMILES string of the molecule is CN(C)CCC(c1ccc(Cl)cc1)N(OC(=O)C(=O)ON(C(=O)Nc1ccc2ccccc2c1)C(CCN(C)C)c1ccc(Cl)cc1)C(=O)Nc1ccc2ccccc2c1. The molecule has 60 heavy (non-hydrogen) atoms. The van der Waals surface area contributed by atoms with Crippen LogP contribution in [0.15, 0.2) is 133 Å². The summed E-state index contributed by atoms with van der Waals surface area (Å²) in [5.41, 5.74) is 2.01. The first-order chi connectivity index (χ1) is 28.8. The first kappa shape index (κ1) is 43.4. The van der Waals surface area contributed by atoms with E-state index in [1.807, 2.05) is 98.7 Å². The first-order valence-electron chi connectivity index (χ1n) is 19.3. The molecule has 6 aromatic carbocycles. The number of anilines is 2. The van der Waals surface area contributed by atoms with Crippen molar-refractivity contribution in [2.24, 2.45) is 0 Å². The van der Waals surface area contributed by atoms with Gasteiger partial charge in [-0.25, -0.2) is 19.2 Å². The second-order valence-corrected chi connectivity index (χ2v) is 15.6. The maximum Gasteiger partial charge on any atom is 0.444 e. The summed E-state index contributed by atoms with van der Waals surface area (Å²) < 4.78 is 0. The minimum atomic E-state index is -1.54. The average Bonchev–Trinajstić information content (AvgIpc) is 3.23. The average molecular weight is 850 g/mol. The molecule has 12 nitrogen and oxygen atoms in total.